The molecule has 0 saturated heterocycles. The first-order valence-corrected chi connectivity index (χ1v) is 16.2. The van der Waals surface area contributed by atoms with Crippen LogP contribution in [0.3, 0.4) is 0 Å². The summed E-state index contributed by atoms with van der Waals surface area (Å²) in [6, 6.07) is 3.05. The lowest BCUT2D eigenvalue weighted by atomic mass is 10.0. The Morgan fingerprint density at radius 2 is 0.696 bits per heavy atom. The molecule has 0 N–H and O–H groups in total. The van der Waals surface area contributed by atoms with E-state index in [2.05, 4.69) is 19.6 Å². The summed E-state index contributed by atoms with van der Waals surface area (Å²) in [6.07, 6.45) is 23.9. The lowest BCUT2D eigenvalue weighted by Gasteiger charge is -2.14. The molecule has 23 heavy (non-hydrogen) atoms. The highest BCUT2D eigenvalue weighted by Gasteiger charge is 2.11. The molecule has 0 aliphatic heterocycles. The zero-order valence-corrected chi connectivity index (χ0v) is 20.2. The maximum atomic E-state index is 2.50. The molecule has 0 amide bonds. The number of hydrogen-bond donors (Lipinski definition) is 0. The summed E-state index contributed by atoms with van der Waals surface area (Å²) in [5, 5.41) is 0. The maximum Gasteiger partial charge on any atom is 0.0442 e. The van der Waals surface area contributed by atoms with Gasteiger partial charge in [0, 0.05) is 18.3 Å². The van der Waals surface area contributed by atoms with Crippen LogP contribution >= 0.6 is 0 Å². The fourth-order valence-corrected chi connectivity index (χ4v) is 5.19. The van der Waals surface area contributed by atoms with Crippen molar-refractivity contribution in [3.63, 3.8) is 0 Å². The topological polar surface area (TPSA) is 0 Å². The zero-order chi connectivity index (χ0) is 17.2. The van der Waals surface area contributed by atoms with Gasteiger partial charge in [-0.3, -0.25) is 0 Å². The van der Waals surface area contributed by atoms with Crippen LogP contribution in [-0.4, -0.2) is 18.3 Å². The quantitative estimate of drug-likeness (QED) is 0.178. The van der Waals surface area contributed by atoms with Gasteiger partial charge in [0.2, 0.25) is 0 Å². The van der Waals surface area contributed by atoms with Crippen molar-refractivity contribution in [3.05, 3.63) is 0 Å². The smallest absolute Gasteiger partial charge is 0.0442 e. The van der Waals surface area contributed by atoms with Gasteiger partial charge in [-0.15, -0.1) is 0 Å². The van der Waals surface area contributed by atoms with Crippen LogP contribution in [0.2, 0.25) is 31.7 Å². The summed E-state index contributed by atoms with van der Waals surface area (Å²) in [6.45, 7) is 7.50. The predicted molar refractivity (Wildman–Crippen MR) is 117 cm³/mol. The summed E-state index contributed by atoms with van der Waals surface area (Å²) < 4.78 is 0. The van der Waals surface area contributed by atoms with Gasteiger partial charge < -0.3 is 0 Å². The average molecular weight is 357 g/mol. The minimum Gasteiger partial charge on any atom is -0.0695 e. The summed E-state index contributed by atoms with van der Waals surface area (Å²) >= 11 is 0. The Balaban J connectivity index is 3.00. The van der Waals surface area contributed by atoms with Crippen molar-refractivity contribution in [1.29, 1.82) is 0 Å². The standard InChI is InChI=1S/C21H48Si2/c1-23(2,3)21-19-17-15-13-11-9-7-5-4-6-8-10-12-14-16-18-20-22/h4-21H2,1-3,22H3. The first-order chi connectivity index (χ1) is 11.1. The second kappa shape index (κ2) is 17.3. The third-order valence-electron chi connectivity index (χ3n) is 5.03. The van der Waals surface area contributed by atoms with Gasteiger partial charge in [0.25, 0.3) is 0 Å². The van der Waals surface area contributed by atoms with Gasteiger partial charge >= 0.3 is 0 Å². The Morgan fingerprint density at radius 3 is 0.957 bits per heavy atom. The first-order valence-electron chi connectivity index (χ1n) is 11.1. The zero-order valence-electron chi connectivity index (χ0n) is 17.2. The van der Waals surface area contributed by atoms with Gasteiger partial charge in [-0.2, -0.15) is 0 Å². The fourth-order valence-electron chi connectivity index (χ4n) is 3.38. The SMILES string of the molecule is C[Si](C)(C)CCCCCCCCCCCCCCCCCC[SiH3]. The fraction of sp³-hybridized carbons (Fsp3) is 1.00. The molecular formula is C21H48Si2. The van der Waals surface area contributed by atoms with Crippen LogP contribution in [0.4, 0.5) is 0 Å². The van der Waals surface area contributed by atoms with Crippen LogP contribution in [0.25, 0.3) is 0 Å². The number of rotatable bonds is 18. The van der Waals surface area contributed by atoms with Crippen molar-refractivity contribution in [3.8, 4) is 0 Å². The van der Waals surface area contributed by atoms with Crippen LogP contribution in [-0.2, 0) is 0 Å². The van der Waals surface area contributed by atoms with Crippen LogP contribution in [0.5, 0.6) is 0 Å². The summed E-state index contributed by atoms with van der Waals surface area (Å²) in [5.74, 6) is 0. The Labute approximate surface area is 153 Å². The molecular weight excluding hydrogens is 308 g/mol. The molecule has 0 bridgehead atoms. The van der Waals surface area contributed by atoms with E-state index in [1.54, 1.807) is 0 Å². The Bertz CT molecular complexity index is 220. The second-order valence-corrected chi connectivity index (χ2v) is 15.6. The van der Waals surface area contributed by atoms with E-state index < -0.39 is 8.07 Å². The van der Waals surface area contributed by atoms with Crippen molar-refractivity contribution in [2.75, 3.05) is 0 Å². The highest BCUT2D eigenvalue weighted by atomic mass is 28.3. The molecule has 0 unspecified atom stereocenters. The van der Waals surface area contributed by atoms with E-state index in [4.69, 9.17) is 0 Å². The van der Waals surface area contributed by atoms with E-state index in [9.17, 15) is 0 Å². The Hall–Kier alpha value is 0.434. The van der Waals surface area contributed by atoms with E-state index in [-0.39, 0.29) is 0 Å². The molecule has 0 saturated carbocycles. The van der Waals surface area contributed by atoms with Crippen LogP contribution in [0.1, 0.15) is 103 Å². The molecule has 0 fully saturated rings. The molecule has 0 spiro atoms. The molecule has 0 aromatic heterocycles. The molecule has 0 rings (SSSR count). The van der Waals surface area contributed by atoms with E-state index in [0.29, 0.717) is 0 Å². The van der Waals surface area contributed by atoms with Crippen molar-refractivity contribution in [2.45, 2.75) is 134 Å². The van der Waals surface area contributed by atoms with Gasteiger partial charge in [0.05, 0.1) is 0 Å². The van der Waals surface area contributed by atoms with Crippen molar-refractivity contribution >= 4 is 18.3 Å². The molecule has 0 aromatic rings. The highest BCUT2D eigenvalue weighted by Crippen LogP contribution is 2.17. The van der Waals surface area contributed by atoms with Gasteiger partial charge in [-0.25, -0.2) is 0 Å². The molecule has 2 heteroatoms. The minimum atomic E-state index is -0.765. The normalized spacial score (nSPS) is 12.1. The van der Waals surface area contributed by atoms with Crippen molar-refractivity contribution in [2.24, 2.45) is 0 Å². The average Bonchev–Trinajstić information content (AvgIpc) is 2.49. The third-order valence-corrected chi connectivity index (χ3v) is 7.59. The second-order valence-electron chi connectivity index (χ2n) is 8.97. The maximum absolute atomic E-state index is 2.50. The van der Waals surface area contributed by atoms with E-state index in [0.717, 1.165) is 0 Å². The summed E-state index contributed by atoms with van der Waals surface area (Å²) in [4.78, 5) is 0. The molecule has 0 nitrogen and oxygen atoms in total. The molecule has 0 aliphatic carbocycles. The Morgan fingerprint density at radius 1 is 0.435 bits per heavy atom. The number of hydrogen-bond acceptors (Lipinski definition) is 0. The van der Waals surface area contributed by atoms with Gasteiger partial charge in [0.1, 0.15) is 0 Å². The van der Waals surface area contributed by atoms with Crippen molar-refractivity contribution < 1.29 is 0 Å². The van der Waals surface area contributed by atoms with Gasteiger partial charge in [-0.05, 0) is 0 Å². The molecule has 140 valence electrons. The predicted octanol–water partition coefficient (Wildman–Crippen LogP) is 7.35. The monoisotopic (exact) mass is 356 g/mol. The number of unbranched alkanes of at least 4 members (excludes halogenated alkanes) is 15. The molecule has 0 aromatic carbocycles. The molecule has 0 aliphatic rings. The first kappa shape index (κ1) is 23.4. The lowest BCUT2D eigenvalue weighted by molar-refractivity contribution is 0.531. The summed E-state index contributed by atoms with van der Waals surface area (Å²) in [5.41, 5.74) is 0. The minimum absolute atomic E-state index is 0.765. The van der Waals surface area contributed by atoms with Gasteiger partial charge in [0.15, 0.2) is 0 Å². The van der Waals surface area contributed by atoms with Gasteiger partial charge in [-0.1, -0.05) is 134 Å². The highest BCUT2D eigenvalue weighted by molar-refractivity contribution is 6.76. The van der Waals surface area contributed by atoms with Crippen molar-refractivity contribution in [1.82, 2.24) is 0 Å². The van der Waals surface area contributed by atoms with E-state index in [1.165, 1.54) is 125 Å². The van der Waals surface area contributed by atoms with Crippen LogP contribution < -0.4 is 0 Å². The van der Waals surface area contributed by atoms with Crippen LogP contribution in [0, 0.1) is 0 Å². The largest absolute Gasteiger partial charge is 0.0695 e. The Kier molecular flexibility index (Phi) is 17.6. The third kappa shape index (κ3) is 22.4. The van der Waals surface area contributed by atoms with Crippen LogP contribution in [0.15, 0.2) is 0 Å². The van der Waals surface area contributed by atoms with E-state index in [1.807, 2.05) is 0 Å². The summed E-state index contributed by atoms with van der Waals surface area (Å²) in [7, 11) is 0.645. The molecule has 0 heterocycles. The van der Waals surface area contributed by atoms with E-state index >= 15 is 0 Å². The molecule has 0 radical (unpaired) electrons. The molecule has 0 atom stereocenters. The lowest BCUT2D eigenvalue weighted by Crippen LogP contribution is -2.18.